The number of para-hydroxylation sites is 1. The average molecular weight is 1100 g/mol. The topological polar surface area (TPSA) is 273 Å². The molecule has 18 nitrogen and oxygen atoms in total. The molecular formula is C53H59N4O14S4+. The van der Waals surface area contributed by atoms with Crippen LogP contribution in [0.1, 0.15) is 93.5 Å². The van der Waals surface area contributed by atoms with Crippen LogP contribution in [0.5, 0.6) is 0 Å². The average Bonchev–Trinajstić information content (AvgIpc) is 3.68. The van der Waals surface area contributed by atoms with Crippen molar-refractivity contribution in [3.8, 4) is 11.8 Å². The largest absolute Gasteiger partial charge is 0.356 e. The molecule has 3 aliphatic heterocycles. The van der Waals surface area contributed by atoms with Crippen LogP contribution in [0.15, 0.2) is 131 Å². The lowest BCUT2D eigenvalue weighted by Gasteiger charge is -2.30. The maximum atomic E-state index is 13.7. The molecule has 7 rings (SSSR count). The van der Waals surface area contributed by atoms with Crippen molar-refractivity contribution in [3.05, 3.63) is 149 Å². The molecule has 2 amide bonds. The number of carbonyl (C=O) groups is 2. The minimum Gasteiger partial charge on any atom is -0.356 e. The maximum Gasteiger partial charge on any atom is 0.294 e. The zero-order chi connectivity index (χ0) is 54.6. The van der Waals surface area contributed by atoms with E-state index in [0.717, 1.165) is 11.1 Å². The monoisotopic (exact) mass is 1100 g/mol. The quantitative estimate of drug-likeness (QED) is 0.0187. The fourth-order valence-electron chi connectivity index (χ4n) is 9.92. The van der Waals surface area contributed by atoms with Crippen molar-refractivity contribution in [2.75, 3.05) is 40.9 Å². The zero-order valence-corrected chi connectivity index (χ0v) is 44.8. The molecule has 0 spiro atoms. The Morgan fingerprint density at radius 3 is 2.01 bits per heavy atom. The van der Waals surface area contributed by atoms with E-state index in [1.54, 1.807) is 39.9 Å². The molecule has 398 valence electrons. The van der Waals surface area contributed by atoms with E-state index in [2.05, 4.69) is 17.2 Å². The standard InChI is InChI=1S/C53H58N4O14S4/c1-52(2)43-35-41(74(66,67)68)24-26-46(43)55(31-13-33-72(60,61)62)48(52)19-5-4-6-20-49-53(3,44-36-42(75(69,70)71)25-27-47(44)56(49)32-14-34-73(63,64)65)29-12-11-21-50(58)54-30-28-51(59)57-37-40-17-8-7-15-38(40)22-23-39-16-9-10-18-45(39)57/h4-10,15-20,24-27,35-36H,11-14,21,28-34,37H2,1-3H3,(H4-,54,58,60,61,62,63,64,65,66,67,68,69,70,71)/p+1. The van der Waals surface area contributed by atoms with E-state index >= 15 is 0 Å². The summed E-state index contributed by atoms with van der Waals surface area (Å²) in [4.78, 5) is 29.8. The molecule has 4 aromatic rings. The number of allylic oxidation sites excluding steroid dienone is 6. The molecule has 22 heteroatoms. The third kappa shape index (κ3) is 13.6. The molecule has 0 radical (unpaired) electrons. The van der Waals surface area contributed by atoms with Crippen LogP contribution in [0, 0.1) is 11.8 Å². The van der Waals surface area contributed by atoms with Gasteiger partial charge in [0.25, 0.3) is 40.5 Å². The van der Waals surface area contributed by atoms with E-state index in [0.29, 0.717) is 71.0 Å². The van der Waals surface area contributed by atoms with Crippen molar-refractivity contribution in [1.82, 2.24) is 5.32 Å². The second kappa shape index (κ2) is 22.5. The van der Waals surface area contributed by atoms with Gasteiger partial charge in [-0.25, -0.2) is 0 Å². The molecule has 75 heavy (non-hydrogen) atoms. The Bertz CT molecular complexity index is 3580. The molecule has 0 saturated heterocycles. The molecule has 0 fully saturated rings. The van der Waals surface area contributed by atoms with Crippen molar-refractivity contribution in [3.63, 3.8) is 0 Å². The van der Waals surface area contributed by atoms with Crippen molar-refractivity contribution >= 4 is 75.1 Å². The summed E-state index contributed by atoms with van der Waals surface area (Å²) >= 11 is 0. The predicted molar refractivity (Wildman–Crippen MR) is 285 cm³/mol. The van der Waals surface area contributed by atoms with Gasteiger partial charge in [-0.15, -0.1) is 0 Å². The first-order chi connectivity index (χ1) is 35.2. The number of amides is 2. The molecule has 5 N–H and O–H groups in total. The first-order valence-electron chi connectivity index (χ1n) is 24.1. The number of nitrogens with zero attached hydrogens (tertiary/aromatic N) is 3. The van der Waals surface area contributed by atoms with E-state index in [1.807, 2.05) is 74.2 Å². The first-order valence-corrected chi connectivity index (χ1v) is 30.2. The van der Waals surface area contributed by atoms with Crippen LogP contribution < -0.4 is 15.1 Å². The Labute approximate surface area is 438 Å². The number of hydrogen-bond donors (Lipinski definition) is 5. The summed E-state index contributed by atoms with van der Waals surface area (Å²) in [6, 6.07) is 23.2. The molecule has 3 aliphatic rings. The highest BCUT2D eigenvalue weighted by Gasteiger charge is 2.46. The number of nitrogens with one attached hydrogen (secondary N) is 1. The Morgan fingerprint density at radius 2 is 1.32 bits per heavy atom. The van der Waals surface area contributed by atoms with Crippen LogP contribution in [-0.2, 0) is 67.4 Å². The molecule has 1 unspecified atom stereocenters. The number of carbonyl (C=O) groups excluding carboxylic acids is 2. The second-order valence-electron chi connectivity index (χ2n) is 19.2. The van der Waals surface area contributed by atoms with Gasteiger partial charge in [0.2, 0.25) is 17.5 Å². The molecular weight excluding hydrogens is 1040 g/mol. The number of fused-ring (bicyclic) bond motifs is 4. The summed E-state index contributed by atoms with van der Waals surface area (Å²) in [7, 11) is -17.9. The van der Waals surface area contributed by atoms with Gasteiger partial charge >= 0.3 is 0 Å². The Morgan fingerprint density at radius 1 is 0.693 bits per heavy atom. The van der Waals surface area contributed by atoms with Crippen molar-refractivity contribution < 1.29 is 66.0 Å². The lowest BCUT2D eigenvalue weighted by molar-refractivity contribution is -0.437. The fourth-order valence-corrected chi connectivity index (χ4v) is 11.9. The Balaban J connectivity index is 1.11. The van der Waals surface area contributed by atoms with Crippen LogP contribution >= 0.6 is 0 Å². The number of hydrogen-bond acceptors (Lipinski definition) is 11. The van der Waals surface area contributed by atoms with E-state index in [-0.39, 0.29) is 66.9 Å². The summed E-state index contributed by atoms with van der Waals surface area (Å²) in [5.74, 6) is 4.81. The van der Waals surface area contributed by atoms with Gasteiger partial charge in [0.05, 0.1) is 38.9 Å². The van der Waals surface area contributed by atoms with Crippen molar-refractivity contribution in [1.29, 1.82) is 0 Å². The molecule has 0 bridgehead atoms. The molecule has 4 aromatic carbocycles. The van der Waals surface area contributed by atoms with Crippen LogP contribution in [0.2, 0.25) is 0 Å². The van der Waals surface area contributed by atoms with Gasteiger partial charge in [0.1, 0.15) is 6.54 Å². The smallest absolute Gasteiger partial charge is 0.294 e. The first kappa shape index (κ1) is 56.4. The van der Waals surface area contributed by atoms with Gasteiger partial charge in [-0.3, -0.25) is 27.8 Å². The van der Waals surface area contributed by atoms with Gasteiger partial charge in [-0.1, -0.05) is 66.8 Å². The maximum absolute atomic E-state index is 13.7. The van der Waals surface area contributed by atoms with E-state index in [9.17, 15) is 61.5 Å². The highest BCUT2D eigenvalue weighted by Crippen LogP contribution is 2.51. The van der Waals surface area contributed by atoms with E-state index in [1.165, 1.54) is 36.4 Å². The van der Waals surface area contributed by atoms with Crippen molar-refractivity contribution in [2.45, 2.75) is 92.9 Å². The van der Waals surface area contributed by atoms with Gasteiger partial charge in [0, 0.05) is 78.0 Å². The van der Waals surface area contributed by atoms with Crippen LogP contribution in [0.4, 0.5) is 17.1 Å². The molecule has 0 aliphatic carbocycles. The molecule has 3 heterocycles. The minimum absolute atomic E-state index is 0.0205. The van der Waals surface area contributed by atoms with E-state index < -0.39 is 62.8 Å². The number of unbranched alkanes of at least 4 members (excludes halogenated alkanes) is 1. The van der Waals surface area contributed by atoms with E-state index in [4.69, 9.17) is 0 Å². The van der Waals surface area contributed by atoms with Crippen LogP contribution in [0.25, 0.3) is 0 Å². The summed E-state index contributed by atoms with van der Waals surface area (Å²) < 4.78 is 137. The third-order valence-corrected chi connectivity index (χ3v) is 16.9. The normalized spacial score (nSPS) is 17.8. The predicted octanol–water partition coefficient (Wildman–Crippen LogP) is 6.90. The SMILES string of the molecule is CC1(C)C(C=CC=CC=C2N(CCCS(=O)(=O)O)c3ccc(S(=O)(=O)O)cc3C2(C)CCCCC(=O)NCCC(=O)N2Cc3ccccc3C#Cc3ccccc32)=[N+](CCCS(=O)(=O)O)c2ccc(S(=O)(=O)O)cc21. The highest BCUT2D eigenvalue weighted by molar-refractivity contribution is 7.86. The van der Waals surface area contributed by atoms with Crippen LogP contribution in [0.3, 0.4) is 0 Å². The fraction of sp³-hybridized carbons (Fsp3) is 0.340. The minimum atomic E-state index is -4.68. The lowest BCUT2D eigenvalue weighted by atomic mass is 9.77. The van der Waals surface area contributed by atoms with Gasteiger partial charge in [-0.05, 0) is 106 Å². The number of benzene rings is 4. The van der Waals surface area contributed by atoms with Gasteiger partial charge < -0.3 is 15.1 Å². The number of anilines is 2. The number of rotatable bonds is 21. The summed E-state index contributed by atoms with van der Waals surface area (Å²) in [5, 5.41) is 2.86. The lowest BCUT2D eigenvalue weighted by Crippen LogP contribution is -2.35. The van der Waals surface area contributed by atoms with Crippen molar-refractivity contribution in [2.24, 2.45) is 0 Å². The van der Waals surface area contributed by atoms with Gasteiger partial charge in [0.15, 0.2) is 5.71 Å². The van der Waals surface area contributed by atoms with Gasteiger partial charge in [-0.2, -0.15) is 38.2 Å². The molecule has 1 atom stereocenters. The Hall–Kier alpha value is -6.29. The highest BCUT2D eigenvalue weighted by atomic mass is 32.2. The Kier molecular flexibility index (Phi) is 16.9. The van der Waals surface area contributed by atoms with Crippen LogP contribution in [-0.4, -0.2) is 105 Å². The summed E-state index contributed by atoms with van der Waals surface area (Å²) in [5.41, 5.74) is 4.65. The second-order valence-corrected chi connectivity index (χ2v) is 25.2. The molecule has 0 aromatic heterocycles. The summed E-state index contributed by atoms with van der Waals surface area (Å²) in [6.07, 6.45) is 9.91. The molecule has 0 saturated carbocycles. The zero-order valence-electron chi connectivity index (χ0n) is 41.5. The third-order valence-electron chi connectivity index (χ3n) is 13.6. The summed E-state index contributed by atoms with van der Waals surface area (Å²) in [6.45, 7) is 6.12.